The summed E-state index contributed by atoms with van der Waals surface area (Å²) in [4.78, 5) is 26.9. The smallest absolute Gasteiger partial charge is 0.331 e. The number of nitrogens with one attached hydrogen (secondary N) is 2. The third-order valence-corrected chi connectivity index (χ3v) is 3.34. The lowest BCUT2D eigenvalue weighted by molar-refractivity contribution is 0.0872. The second kappa shape index (κ2) is 5.87. The first-order chi connectivity index (χ1) is 10.7. The fraction of sp³-hybridized carbons (Fsp3) is 0.125. The maximum atomic E-state index is 12.2. The predicted molar refractivity (Wildman–Crippen MR) is 83.2 cm³/mol. The molecule has 0 spiro atoms. The van der Waals surface area contributed by atoms with E-state index in [2.05, 4.69) is 10.3 Å². The third-order valence-electron chi connectivity index (χ3n) is 3.34. The van der Waals surface area contributed by atoms with Gasteiger partial charge < -0.3 is 15.0 Å². The Morgan fingerprint density at radius 2 is 2.00 bits per heavy atom. The zero-order valence-electron chi connectivity index (χ0n) is 12.0. The van der Waals surface area contributed by atoms with Gasteiger partial charge in [-0.3, -0.25) is 9.36 Å². The topological polar surface area (TPSA) is 76.1 Å². The molecular weight excluding hydrogens is 282 g/mol. The van der Waals surface area contributed by atoms with Crippen LogP contribution >= 0.6 is 0 Å². The van der Waals surface area contributed by atoms with Crippen molar-refractivity contribution in [3.05, 3.63) is 64.6 Å². The summed E-state index contributed by atoms with van der Waals surface area (Å²) in [6.45, 7) is 0.137. The Balaban J connectivity index is 2.06. The zero-order chi connectivity index (χ0) is 15.5. The van der Waals surface area contributed by atoms with Crippen LogP contribution in [0, 0.1) is 0 Å². The summed E-state index contributed by atoms with van der Waals surface area (Å²) in [5.41, 5.74) is 2.33. The van der Waals surface area contributed by atoms with Crippen LogP contribution in [0.5, 0.6) is 0 Å². The first-order valence-corrected chi connectivity index (χ1v) is 6.78. The van der Waals surface area contributed by atoms with Gasteiger partial charge in [-0.15, -0.1) is 0 Å². The summed E-state index contributed by atoms with van der Waals surface area (Å²) in [6, 6.07) is 14.4. The number of H-pyrrole nitrogens is 1. The second-order valence-electron chi connectivity index (χ2n) is 4.77. The van der Waals surface area contributed by atoms with Crippen molar-refractivity contribution in [2.24, 2.45) is 0 Å². The highest BCUT2D eigenvalue weighted by Crippen LogP contribution is 2.17. The molecule has 3 aromatic rings. The number of carbonyl (C=O) groups excluding carboxylic acids is 1. The first kappa shape index (κ1) is 14.1. The molecule has 22 heavy (non-hydrogen) atoms. The van der Waals surface area contributed by atoms with Gasteiger partial charge in [0, 0.05) is 12.7 Å². The Kier molecular flexibility index (Phi) is 3.76. The molecular formula is C16H15N3O3. The fourth-order valence-corrected chi connectivity index (χ4v) is 2.33. The van der Waals surface area contributed by atoms with Crippen LogP contribution in [-0.4, -0.2) is 29.3 Å². The molecule has 112 valence electrons. The Bertz CT molecular complexity index is 865. The zero-order valence-corrected chi connectivity index (χ0v) is 12.0. The summed E-state index contributed by atoms with van der Waals surface area (Å²) in [5.74, 6) is -0.253. The molecule has 0 saturated carbocycles. The number of hydrogen-bond donors (Lipinski definition) is 2. The van der Waals surface area contributed by atoms with E-state index in [1.807, 2.05) is 30.3 Å². The molecule has 0 bridgehead atoms. The number of fused-ring (bicyclic) bond motifs is 1. The quantitative estimate of drug-likeness (QED) is 0.719. The average molecular weight is 297 g/mol. The average Bonchev–Trinajstić information content (AvgIpc) is 2.88. The van der Waals surface area contributed by atoms with Crippen molar-refractivity contribution in [1.29, 1.82) is 0 Å². The molecule has 0 aliphatic heterocycles. The highest BCUT2D eigenvalue weighted by Gasteiger charge is 2.11. The first-order valence-electron chi connectivity index (χ1n) is 6.78. The number of carbonyl (C=O) groups is 1. The molecule has 0 fully saturated rings. The maximum Gasteiger partial charge on any atom is 0.331 e. The number of para-hydroxylation sites is 1. The standard InChI is InChI=1S/C16H15N3O3/c1-22-10-17-15(20)11-7-8-14-13(9-11)18-16(21)19(14)12-5-3-2-4-6-12/h2-9H,10H2,1H3,(H,17,20)(H,18,21). The number of methoxy groups -OCH3 is 1. The minimum atomic E-state index is -0.253. The van der Waals surface area contributed by atoms with Gasteiger partial charge in [0.25, 0.3) is 5.91 Å². The van der Waals surface area contributed by atoms with Crippen molar-refractivity contribution in [2.45, 2.75) is 0 Å². The fourth-order valence-electron chi connectivity index (χ4n) is 2.33. The molecule has 0 radical (unpaired) electrons. The summed E-state index contributed by atoms with van der Waals surface area (Å²) in [6.07, 6.45) is 0. The summed E-state index contributed by atoms with van der Waals surface area (Å²) in [7, 11) is 1.50. The summed E-state index contributed by atoms with van der Waals surface area (Å²) >= 11 is 0. The molecule has 0 aliphatic rings. The van der Waals surface area contributed by atoms with Crippen molar-refractivity contribution in [2.75, 3.05) is 13.8 Å². The molecule has 2 N–H and O–H groups in total. The number of nitrogens with zero attached hydrogens (tertiary/aromatic N) is 1. The number of amides is 1. The molecule has 0 saturated heterocycles. The van der Waals surface area contributed by atoms with Gasteiger partial charge >= 0.3 is 5.69 Å². The van der Waals surface area contributed by atoms with Gasteiger partial charge in [0.2, 0.25) is 0 Å². The molecule has 0 unspecified atom stereocenters. The van der Waals surface area contributed by atoms with Crippen LogP contribution < -0.4 is 11.0 Å². The van der Waals surface area contributed by atoms with E-state index in [1.54, 1.807) is 22.8 Å². The molecule has 1 heterocycles. The van der Waals surface area contributed by atoms with E-state index in [-0.39, 0.29) is 18.3 Å². The molecule has 3 rings (SSSR count). The number of rotatable bonds is 4. The minimum Gasteiger partial charge on any atom is -0.364 e. The number of aromatic nitrogens is 2. The number of benzene rings is 2. The predicted octanol–water partition coefficient (Wildman–Crippen LogP) is 1.65. The normalized spacial score (nSPS) is 10.8. The van der Waals surface area contributed by atoms with E-state index in [0.29, 0.717) is 11.1 Å². The van der Waals surface area contributed by atoms with Gasteiger partial charge in [0.15, 0.2) is 0 Å². The monoisotopic (exact) mass is 297 g/mol. The Labute approximate surface area is 126 Å². The van der Waals surface area contributed by atoms with E-state index in [4.69, 9.17) is 4.74 Å². The molecule has 1 amide bonds. The van der Waals surface area contributed by atoms with Crippen LogP contribution in [0.2, 0.25) is 0 Å². The van der Waals surface area contributed by atoms with Crippen molar-refractivity contribution >= 4 is 16.9 Å². The van der Waals surface area contributed by atoms with Gasteiger partial charge in [-0.1, -0.05) is 18.2 Å². The SMILES string of the molecule is COCNC(=O)c1ccc2c(c1)[nH]c(=O)n2-c1ccccc1. The molecule has 6 nitrogen and oxygen atoms in total. The van der Waals surface area contributed by atoms with E-state index in [1.165, 1.54) is 7.11 Å². The van der Waals surface area contributed by atoms with Gasteiger partial charge in [-0.05, 0) is 30.3 Å². The number of aromatic amines is 1. The van der Waals surface area contributed by atoms with Crippen LogP contribution in [0.15, 0.2) is 53.3 Å². The van der Waals surface area contributed by atoms with Crippen molar-refractivity contribution < 1.29 is 9.53 Å². The molecule has 2 aromatic carbocycles. The molecule has 0 atom stereocenters. The number of imidazole rings is 1. The lowest BCUT2D eigenvalue weighted by Crippen LogP contribution is -2.25. The second-order valence-corrected chi connectivity index (χ2v) is 4.77. The number of ether oxygens (including phenoxy) is 1. The van der Waals surface area contributed by atoms with Crippen LogP contribution in [0.1, 0.15) is 10.4 Å². The Hall–Kier alpha value is -2.86. The molecule has 1 aromatic heterocycles. The van der Waals surface area contributed by atoms with E-state index >= 15 is 0 Å². The van der Waals surface area contributed by atoms with Gasteiger partial charge in [0.1, 0.15) is 6.73 Å². The van der Waals surface area contributed by atoms with Gasteiger partial charge in [-0.2, -0.15) is 0 Å². The maximum absolute atomic E-state index is 12.2. The molecule has 0 aliphatic carbocycles. The minimum absolute atomic E-state index is 0.137. The van der Waals surface area contributed by atoms with E-state index in [9.17, 15) is 9.59 Å². The third kappa shape index (κ3) is 2.51. The van der Waals surface area contributed by atoms with Crippen molar-refractivity contribution in [3.8, 4) is 5.69 Å². The van der Waals surface area contributed by atoms with E-state index < -0.39 is 0 Å². The van der Waals surface area contributed by atoms with Crippen molar-refractivity contribution in [1.82, 2.24) is 14.9 Å². The Morgan fingerprint density at radius 3 is 2.73 bits per heavy atom. The largest absolute Gasteiger partial charge is 0.364 e. The number of hydrogen-bond acceptors (Lipinski definition) is 3. The lowest BCUT2D eigenvalue weighted by atomic mass is 10.2. The van der Waals surface area contributed by atoms with Crippen LogP contribution in [-0.2, 0) is 4.74 Å². The highest BCUT2D eigenvalue weighted by atomic mass is 16.5. The van der Waals surface area contributed by atoms with Gasteiger partial charge in [0.05, 0.1) is 16.7 Å². The Morgan fingerprint density at radius 1 is 1.23 bits per heavy atom. The summed E-state index contributed by atoms with van der Waals surface area (Å²) < 4.78 is 6.38. The van der Waals surface area contributed by atoms with Crippen LogP contribution in [0.4, 0.5) is 0 Å². The molecule has 6 heteroatoms. The van der Waals surface area contributed by atoms with Crippen LogP contribution in [0.25, 0.3) is 16.7 Å². The van der Waals surface area contributed by atoms with Crippen molar-refractivity contribution in [3.63, 3.8) is 0 Å². The van der Waals surface area contributed by atoms with E-state index in [0.717, 1.165) is 11.2 Å². The van der Waals surface area contributed by atoms with Crippen LogP contribution in [0.3, 0.4) is 0 Å². The highest BCUT2D eigenvalue weighted by molar-refractivity contribution is 5.97. The van der Waals surface area contributed by atoms with Gasteiger partial charge in [-0.25, -0.2) is 4.79 Å². The summed E-state index contributed by atoms with van der Waals surface area (Å²) in [5, 5.41) is 2.61. The lowest BCUT2D eigenvalue weighted by Gasteiger charge is -2.05.